The minimum Gasteiger partial charge on any atom is -0.480 e. The molecule has 0 saturated heterocycles. The highest BCUT2D eigenvalue weighted by atomic mass is 16.5. The van der Waals surface area contributed by atoms with Gasteiger partial charge >= 0.3 is 11.6 Å². The van der Waals surface area contributed by atoms with Crippen molar-refractivity contribution in [1.82, 2.24) is 5.32 Å². The van der Waals surface area contributed by atoms with Crippen LogP contribution in [0.25, 0.3) is 11.0 Å². The van der Waals surface area contributed by atoms with Gasteiger partial charge in [0, 0.05) is 17.0 Å². The zero-order chi connectivity index (χ0) is 21.7. The van der Waals surface area contributed by atoms with Crippen molar-refractivity contribution in [3.05, 3.63) is 39.7 Å². The third kappa shape index (κ3) is 5.16. The number of rotatable bonds is 9. The van der Waals surface area contributed by atoms with Crippen LogP contribution < -0.4 is 15.7 Å². The van der Waals surface area contributed by atoms with E-state index in [2.05, 4.69) is 5.32 Å². The molecule has 2 N–H and O–H groups in total. The van der Waals surface area contributed by atoms with Crippen molar-refractivity contribution in [1.29, 1.82) is 0 Å². The number of benzene rings is 1. The number of amides is 1. The molecule has 1 aromatic carbocycles. The molecule has 29 heavy (non-hydrogen) atoms. The molecule has 0 aliphatic carbocycles. The molecule has 1 amide bonds. The normalized spacial score (nSPS) is 14.2. The van der Waals surface area contributed by atoms with E-state index in [9.17, 15) is 19.5 Å². The van der Waals surface area contributed by atoms with Crippen molar-refractivity contribution in [2.24, 2.45) is 5.92 Å². The fraction of sp³-hybridized carbons (Fsp3) is 0.500. The predicted octanol–water partition coefficient (Wildman–Crippen LogP) is 3.44. The molecule has 0 bridgehead atoms. The van der Waals surface area contributed by atoms with Gasteiger partial charge in [-0.2, -0.15) is 0 Å². The Morgan fingerprint density at radius 2 is 1.93 bits per heavy atom. The summed E-state index contributed by atoms with van der Waals surface area (Å²) in [6.45, 7) is 8.99. The number of carbonyl (C=O) groups is 2. The first-order valence-electron chi connectivity index (χ1n) is 9.95. The second-order valence-electron chi connectivity index (χ2n) is 7.38. The smallest absolute Gasteiger partial charge is 0.336 e. The third-order valence-corrected chi connectivity index (χ3v) is 5.17. The molecule has 0 aliphatic heterocycles. The number of carboxylic acid groups (broad SMARTS) is 1. The Labute approximate surface area is 170 Å². The molecule has 1 unspecified atom stereocenters. The zero-order valence-electron chi connectivity index (χ0n) is 17.6. The van der Waals surface area contributed by atoms with Crippen molar-refractivity contribution >= 4 is 22.8 Å². The minimum atomic E-state index is -1.08. The molecule has 2 rings (SSSR count). The van der Waals surface area contributed by atoms with E-state index in [1.165, 1.54) is 6.07 Å². The van der Waals surface area contributed by atoms with Gasteiger partial charge in [-0.05, 0) is 43.9 Å². The van der Waals surface area contributed by atoms with Crippen LogP contribution in [0, 0.1) is 12.8 Å². The minimum absolute atomic E-state index is 0.211. The van der Waals surface area contributed by atoms with Gasteiger partial charge in [0.15, 0.2) is 6.10 Å². The average Bonchev–Trinajstić information content (AvgIpc) is 2.67. The molecule has 2 aromatic rings. The Kier molecular flexibility index (Phi) is 7.42. The first-order chi connectivity index (χ1) is 13.7. The zero-order valence-corrected chi connectivity index (χ0v) is 17.6. The SMILES string of the molecule is CCCc1cc(=O)oc2c(C)c(OC(C)C(=O)N[C@H](C(=O)O)[C@H](C)CC)ccc12. The van der Waals surface area contributed by atoms with Gasteiger partial charge in [0.1, 0.15) is 17.4 Å². The van der Waals surface area contributed by atoms with Crippen LogP contribution in [-0.4, -0.2) is 29.1 Å². The van der Waals surface area contributed by atoms with Gasteiger partial charge in [-0.3, -0.25) is 4.79 Å². The van der Waals surface area contributed by atoms with Gasteiger partial charge in [-0.25, -0.2) is 9.59 Å². The Morgan fingerprint density at radius 3 is 2.52 bits per heavy atom. The second kappa shape index (κ2) is 9.58. The summed E-state index contributed by atoms with van der Waals surface area (Å²) in [5, 5.41) is 12.7. The third-order valence-electron chi connectivity index (χ3n) is 5.17. The summed E-state index contributed by atoms with van der Waals surface area (Å²) < 4.78 is 11.2. The molecule has 0 radical (unpaired) electrons. The number of nitrogens with one attached hydrogen (secondary N) is 1. The maximum atomic E-state index is 12.5. The monoisotopic (exact) mass is 403 g/mol. The van der Waals surface area contributed by atoms with Crippen molar-refractivity contribution < 1.29 is 23.8 Å². The van der Waals surface area contributed by atoms with Crippen LogP contribution in [0.1, 0.15) is 51.7 Å². The number of carbonyl (C=O) groups excluding carboxylic acids is 1. The van der Waals surface area contributed by atoms with Crippen LogP contribution in [0.3, 0.4) is 0 Å². The van der Waals surface area contributed by atoms with E-state index >= 15 is 0 Å². The van der Waals surface area contributed by atoms with Gasteiger partial charge in [0.05, 0.1) is 0 Å². The molecular weight excluding hydrogens is 374 g/mol. The first kappa shape index (κ1) is 22.5. The summed E-state index contributed by atoms with van der Waals surface area (Å²) in [6.07, 6.45) is 1.36. The van der Waals surface area contributed by atoms with E-state index in [4.69, 9.17) is 9.15 Å². The average molecular weight is 403 g/mol. The van der Waals surface area contributed by atoms with Crippen molar-refractivity contribution in [2.45, 2.75) is 66.0 Å². The molecule has 158 valence electrons. The van der Waals surface area contributed by atoms with Crippen LogP contribution >= 0.6 is 0 Å². The molecule has 1 heterocycles. The molecule has 0 fully saturated rings. The number of ether oxygens (including phenoxy) is 1. The summed E-state index contributed by atoms with van der Waals surface area (Å²) >= 11 is 0. The van der Waals surface area contributed by atoms with Gasteiger partial charge in [-0.15, -0.1) is 0 Å². The highest BCUT2D eigenvalue weighted by molar-refractivity contribution is 5.87. The Morgan fingerprint density at radius 1 is 1.24 bits per heavy atom. The van der Waals surface area contributed by atoms with E-state index < -0.39 is 29.6 Å². The lowest BCUT2D eigenvalue weighted by atomic mass is 9.99. The van der Waals surface area contributed by atoms with Crippen molar-refractivity contribution in [2.75, 3.05) is 0 Å². The Hall–Kier alpha value is -2.83. The van der Waals surface area contributed by atoms with Crippen LogP contribution in [-0.2, 0) is 16.0 Å². The van der Waals surface area contributed by atoms with Gasteiger partial charge < -0.3 is 19.6 Å². The number of aryl methyl sites for hydroxylation is 2. The summed E-state index contributed by atoms with van der Waals surface area (Å²) in [7, 11) is 0. The molecular formula is C22H29NO6. The number of aliphatic carboxylic acids is 1. The molecule has 7 nitrogen and oxygen atoms in total. The van der Waals surface area contributed by atoms with E-state index in [0.29, 0.717) is 23.3 Å². The Bertz CT molecular complexity index is 948. The fourth-order valence-electron chi connectivity index (χ4n) is 3.21. The van der Waals surface area contributed by atoms with Crippen molar-refractivity contribution in [3.63, 3.8) is 0 Å². The van der Waals surface area contributed by atoms with E-state index in [-0.39, 0.29) is 5.92 Å². The summed E-state index contributed by atoms with van der Waals surface area (Å²) in [5.74, 6) is -1.39. The molecule has 1 aromatic heterocycles. The van der Waals surface area contributed by atoms with Crippen LogP contribution in [0.2, 0.25) is 0 Å². The van der Waals surface area contributed by atoms with Crippen LogP contribution in [0.5, 0.6) is 5.75 Å². The summed E-state index contributed by atoms with van der Waals surface area (Å²) in [6, 6.07) is 4.08. The number of carboxylic acids is 1. The van der Waals surface area contributed by atoms with Crippen LogP contribution in [0.4, 0.5) is 0 Å². The van der Waals surface area contributed by atoms with E-state index in [1.54, 1.807) is 26.8 Å². The lowest BCUT2D eigenvalue weighted by molar-refractivity contribution is -0.144. The fourth-order valence-corrected chi connectivity index (χ4v) is 3.21. The van der Waals surface area contributed by atoms with Gasteiger partial charge in [0.25, 0.3) is 5.91 Å². The molecule has 3 atom stereocenters. The topological polar surface area (TPSA) is 106 Å². The highest BCUT2D eigenvalue weighted by Gasteiger charge is 2.28. The Balaban J connectivity index is 2.27. The number of hydrogen-bond acceptors (Lipinski definition) is 5. The second-order valence-corrected chi connectivity index (χ2v) is 7.38. The summed E-state index contributed by atoms with van der Waals surface area (Å²) in [5.41, 5.74) is 1.55. The molecule has 0 saturated carbocycles. The molecule has 0 spiro atoms. The standard InChI is InChI=1S/C22H29NO6/c1-6-8-15-11-18(24)29-20-13(4)17(10-9-16(15)20)28-14(5)21(25)23-19(22(26)27)12(3)7-2/h9-12,14,19H,6-8H2,1-5H3,(H,23,25)(H,26,27)/t12-,14?,19+/m1/s1. The number of fused-ring (bicyclic) bond motifs is 1. The maximum absolute atomic E-state index is 12.5. The maximum Gasteiger partial charge on any atom is 0.336 e. The highest BCUT2D eigenvalue weighted by Crippen LogP contribution is 2.29. The lowest BCUT2D eigenvalue weighted by Gasteiger charge is -2.23. The lowest BCUT2D eigenvalue weighted by Crippen LogP contribution is -2.49. The quantitative estimate of drug-likeness (QED) is 0.621. The van der Waals surface area contributed by atoms with E-state index in [0.717, 1.165) is 23.8 Å². The first-order valence-corrected chi connectivity index (χ1v) is 9.95. The van der Waals surface area contributed by atoms with E-state index in [1.807, 2.05) is 19.9 Å². The molecule has 7 heteroatoms. The predicted molar refractivity (Wildman–Crippen MR) is 110 cm³/mol. The largest absolute Gasteiger partial charge is 0.480 e. The summed E-state index contributed by atoms with van der Waals surface area (Å²) in [4.78, 5) is 35.8. The van der Waals surface area contributed by atoms with Crippen molar-refractivity contribution in [3.8, 4) is 5.75 Å². The van der Waals surface area contributed by atoms with Gasteiger partial charge in [0.2, 0.25) is 0 Å². The number of hydrogen-bond donors (Lipinski definition) is 2. The van der Waals surface area contributed by atoms with Gasteiger partial charge in [-0.1, -0.05) is 33.6 Å². The van der Waals surface area contributed by atoms with Crippen LogP contribution in [0.15, 0.2) is 27.4 Å². The molecule has 0 aliphatic rings.